The van der Waals surface area contributed by atoms with Gasteiger partial charge in [0.15, 0.2) is 0 Å². The number of ether oxygens (including phenoxy) is 1. The summed E-state index contributed by atoms with van der Waals surface area (Å²) in [4.78, 5) is 5.02. The van der Waals surface area contributed by atoms with E-state index in [1.165, 1.54) is 38.9 Å². The molecule has 0 aliphatic rings. The quantitative estimate of drug-likeness (QED) is 0.0957. The molecule has 3 heterocycles. The summed E-state index contributed by atoms with van der Waals surface area (Å²) in [6.45, 7) is 27.6. The summed E-state index contributed by atoms with van der Waals surface area (Å²) in [6.07, 6.45) is 8.15. The molecule has 0 saturated heterocycles. The fourth-order valence-corrected chi connectivity index (χ4v) is 10.3. The van der Waals surface area contributed by atoms with Gasteiger partial charge in [0.1, 0.15) is 17.3 Å². The third kappa shape index (κ3) is 9.18. The zero-order valence-electron chi connectivity index (χ0n) is 44.2. The number of rotatable bonds is 11. The van der Waals surface area contributed by atoms with Gasteiger partial charge in [-0.3, -0.25) is 13.7 Å². The molecule has 0 N–H and O–H groups in total. The van der Waals surface area contributed by atoms with Crippen molar-refractivity contribution in [3.05, 3.63) is 222 Å². The fourth-order valence-electron chi connectivity index (χ4n) is 10.3. The summed E-state index contributed by atoms with van der Waals surface area (Å²) in [5.74, 6) is 2.93. The molecule has 0 aliphatic carbocycles. The Morgan fingerprint density at radius 2 is 1.14 bits per heavy atom. The number of nitrogens with zero attached hydrogens (tertiary/aromatic N) is 4. The molecule has 0 radical (unpaired) electrons. The smallest absolute Gasteiger partial charge is 0.269 e. The van der Waals surface area contributed by atoms with Crippen molar-refractivity contribution in [3.63, 3.8) is 0 Å². The van der Waals surface area contributed by atoms with Gasteiger partial charge in [-0.2, -0.15) is 0 Å². The molecule has 0 spiro atoms. The summed E-state index contributed by atoms with van der Waals surface area (Å²) in [7, 11) is 0. The number of pyridine rings is 1. The lowest BCUT2D eigenvalue weighted by Gasteiger charge is -2.27. The summed E-state index contributed by atoms with van der Waals surface area (Å²) >= 11 is 0. The van der Waals surface area contributed by atoms with Gasteiger partial charge in [0.25, 0.3) is 6.33 Å². The molecule has 0 bridgehead atoms. The van der Waals surface area contributed by atoms with Crippen LogP contribution in [0.15, 0.2) is 182 Å². The highest BCUT2D eigenvalue weighted by molar-refractivity contribution is 6.09. The van der Waals surface area contributed by atoms with Crippen molar-refractivity contribution >= 4 is 21.8 Å². The Bertz CT molecular complexity index is 3540. The molecular weight excluding hydrogens is 877 g/mol. The van der Waals surface area contributed by atoms with Crippen LogP contribution in [0, 0.1) is 6.33 Å². The third-order valence-electron chi connectivity index (χ3n) is 14.6. The number of hydrogen-bond acceptors (Lipinski definition) is 2. The molecule has 10 aromatic rings. The number of hydrogen-bond donors (Lipinski definition) is 0. The van der Waals surface area contributed by atoms with Gasteiger partial charge in [-0.15, -0.1) is 0 Å². The van der Waals surface area contributed by atoms with Gasteiger partial charge in [0.05, 0.1) is 28.1 Å². The van der Waals surface area contributed by atoms with E-state index in [1.807, 2.05) is 6.20 Å². The monoisotopic (exact) mass is 945 g/mol. The first-order valence-corrected chi connectivity index (χ1v) is 25.7. The lowest BCUT2D eigenvalue weighted by atomic mass is 9.78. The summed E-state index contributed by atoms with van der Waals surface area (Å²) < 4.78 is 13.8. The van der Waals surface area contributed by atoms with Gasteiger partial charge in [0, 0.05) is 34.6 Å². The minimum Gasteiger partial charge on any atom is -0.458 e. The Morgan fingerprint density at radius 3 is 1.79 bits per heavy atom. The van der Waals surface area contributed by atoms with Crippen molar-refractivity contribution in [1.82, 2.24) is 14.1 Å². The first kappa shape index (κ1) is 48.1. The van der Waals surface area contributed by atoms with E-state index in [0.717, 1.165) is 67.3 Å². The van der Waals surface area contributed by atoms with Gasteiger partial charge >= 0.3 is 0 Å². The minimum absolute atomic E-state index is 0.0638. The Kier molecular flexibility index (Phi) is 12.4. The van der Waals surface area contributed by atoms with Crippen molar-refractivity contribution < 1.29 is 9.30 Å². The maximum absolute atomic E-state index is 7.08. The van der Waals surface area contributed by atoms with Crippen LogP contribution in [0.1, 0.15) is 128 Å². The fraction of sp³-hybridized carbons (Fsp3) is 0.254. The van der Waals surface area contributed by atoms with Gasteiger partial charge in [-0.1, -0.05) is 186 Å². The second kappa shape index (κ2) is 18.6. The highest BCUT2D eigenvalue weighted by Gasteiger charge is 2.27. The molecule has 5 nitrogen and oxygen atoms in total. The Morgan fingerprint density at radius 1 is 0.514 bits per heavy atom. The molecule has 0 fully saturated rings. The SMILES string of the molecule is CC(C)c1cccc(C(C)C)c1-c1cn(-c2cc(Oc3ccc4c5ccccc5n(-c5cc(C(C)(C)c6ccccc6)ccn5)c4c3)cc(-c3ccccc3)c2)[c-][n+]1-c1cc(C(C)(C)C)cc(C(C)(C)C)c1. The summed E-state index contributed by atoms with van der Waals surface area (Å²) in [5.41, 5.74) is 16.0. The maximum atomic E-state index is 7.08. The van der Waals surface area contributed by atoms with Crippen LogP contribution in [0.4, 0.5) is 0 Å². The molecule has 7 aromatic carbocycles. The topological polar surface area (TPSA) is 35.9 Å². The lowest BCUT2D eigenvalue weighted by molar-refractivity contribution is -0.588. The Hall–Kier alpha value is -7.50. The van der Waals surface area contributed by atoms with Crippen LogP contribution < -0.4 is 9.30 Å². The van der Waals surface area contributed by atoms with Gasteiger partial charge in [-0.25, -0.2) is 4.98 Å². The first-order chi connectivity index (χ1) is 34.3. The van der Waals surface area contributed by atoms with Gasteiger partial charge < -0.3 is 4.74 Å². The van der Waals surface area contributed by atoms with Crippen LogP contribution in [-0.4, -0.2) is 14.1 Å². The first-order valence-electron chi connectivity index (χ1n) is 25.7. The van der Waals surface area contributed by atoms with Crippen molar-refractivity contribution in [2.24, 2.45) is 0 Å². The van der Waals surface area contributed by atoms with E-state index in [4.69, 9.17) is 9.72 Å². The second-order valence-electron chi connectivity index (χ2n) is 22.8. The predicted octanol–water partition coefficient (Wildman–Crippen LogP) is 17.3. The number of fused-ring (bicyclic) bond motifs is 3. The summed E-state index contributed by atoms with van der Waals surface area (Å²) in [6, 6.07) is 61.2. The van der Waals surface area contributed by atoms with E-state index >= 15 is 0 Å². The van der Waals surface area contributed by atoms with E-state index in [-0.39, 0.29) is 16.2 Å². The van der Waals surface area contributed by atoms with Crippen molar-refractivity contribution in [2.45, 2.75) is 111 Å². The van der Waals surface area contributed by atoms with Crippen LogP contribution in [-0.2, 0) is 16.2 Å². The molecular formula is C67H68N4O. The maximum Gasteiger partial charge on any atom is 0.269 e. The van der Waals surface area contributed by atoms with E-state index in [2.05, 4.69) is 279 Å². The number of aromatic nitrogens is 4. The number of imidazole rings is 1. The van der Waals surface area contributed by atoms with Gasteiger partial charge in [-0.05, 0) is 133 Å². The van der Waals surface area contributed by atoms with Crippen molar-refractivity contribution in [3.8, 4) is 51.1 Å². The average molecular weight is 945 g/mol. The number of para-hydroxylation sites is 1. The molecule has 362 valence electrons. The number of benzene rings is 7. The second-order valence-corrected chi connectivity index (χ2v) is 22.8. The zero-order chi connectivity index (χ0) is 50.7. The molecule has 0 saturated carbocycles. The van der Waals surface area contributed by atoms with Crippen LogP contribution in [0.25, 0.3) is 61.4 Å². The molecule has 0 unspecified atom stereocenters. The van der Waals surface area contributed by atoms with Crippen LogP contribution >= 0.6 is 0 Å². The van der Waals surface area contributed by atoms with E-state index < -0.39 is 0 Å². The molecule has 3 aromatic heterocycles. The van der Waals surface area contributed by atoms with Gasteiger partial charge in [0.2, 0.25) is 0 Å². The average Bonchev–Trinajstić information content (AvgIpc) is 3.96. The van der Waals surface area contributed by atoms with Crippen LogP contribution in [0.3, 0.4) is 0 Å². The highest BCUT2D eigenvalue weighted by atomic mass is 16.5. The molecule has 0 atom stereocenters. The zero-order valence-corrected chi connectivity index (χ0v) is 44.2. The Balaban J connectivity index is 1.15. The van der Waals surface area contributed by atoms with Crippen LogP contribution in [0.2, 0.25) is 0 Å². The lowest BCUT2D eigenvalue weighted by Crippen LogP contribution is -2.33. The predicted molar refractivity (Wildman–Crippen MR) is 300 cm³/mol. The van der Waals surface area contributed by atoms with Crippen molar-refractivity contribution in [1.29, 1.82) is 0 Å². The van der Waals surface area contributed by atoms with Crippen molar-refractivity contribution in [2.75, 3.05) is 0 Å². The normalized spacial score (nSPS) is 12.4. The standard InChI is InChI=1S/C67H68N4O/c1-44(2)56-27-21-28-57(45(3)4)64(56)62-42-69(43-70(62)53-37-50(65(5,6)7)36-51(38-53)66(8,9)10)52-34-47(46-22-15-13-16-23-46)35-55(40-52)72-54-30-31-59-58-26-19-20-29-60(58)71(61(59)41-54)63-39-49(32-33-68-63)67(11,12)48-24-17-14-18-25-48/h13-42,44-45H,1-12H3. The Labute approximate surface area is 427 Å². The largest absolute Gasteiger partial charge is 0.458 e. The van der Waals surface area contributed by atoms with Crippen LogP contribution in [0.5, 0.6) is 11.5 Å². The molecule has 72 heavy (non-hydrogen) atoms. The molecule has 5 heteroatoms. The van der Waals surface area contributed by atoms with E-state index in [1.54, 1.807) is 0 Å². The van der Waals surface area contributed by atoms with E-state index in [0.29, 0.717) is 11.8 Å². The highest BCUT2D eigenvalue weighted by Crippen LogP contribution is 2.41. The third-order valence-corrected chi connectivity index (χ3v) is 14.6. The summed E-state index contributed by atoms with van der Waals surface area (Å²) in [5, 5.41) is 2.30. The molecule has 0 amide bonds. The molecule has 0 aliphatic heterocycles. The minimum atomic E-state index is -0.231. The van der Waals surface area contributed by atoms with E-state index in [9.17, 15) is 0 Å². The molecule has 10 rings (SSSR count).